The highest BCUT2D eigenvalue weighted by Crippen LogP contribution is 2.29. The van der Waals surface area contributed by atoms with Crippen molar-refractivity contribution < 1.29 is 9.72 Å². The van der Waals surface area contributed by atoms with E-state index in [-0.39, 0.29) is 12.1 Å². The molecular formula is C21H17N3O3S. The number of nitro groups is 1. The van der Waals surface area contributed by atoms with Crippen molar-refractivity contribution in [1.29, 1.82) is 0 Å². The van der Waals surface area contributed by atoms with Crippen LogP contribution in [0.25, 0.3) is 0 Å². The molecule has 3 aromatic carbocycles. The Hall–Kier alpha value is -3.45. The van der Waals surface area contributed by atoms with Crippen LogP contribution in [0.1, 0.15) is 11.1 Å². The summed E-state index contributed by atoms with van der Waals surface area (Å²) in [4.78, 5) is 24.7. The van der Waals surface area contributed by atoms with E-state index in [0.29, 0.717) is 5.56 Å². The van der Waals surface area contributed by atoms with Crippen molar-refractivity contribution in [2.45, 2.75) is 16.2 Å². The van der Waals surface area contributed by atoms with Crippen molar-refractivity contribution in [2.75, 3.05) is 0 Å². The molecule has 0 aliphatic heterocycles. The van der Waals surface area contributed by atoms with Crippen molar-refractivity contribution >= 4 is 29.6 Å². The van der Waals surface area contributed by atoms with Gasteiger partial charge in [0.15, 0.2) is 0 Å². The van der Waals surface area contributed by atoms with Gasteiger partial charge < -0.3 is 0 Å². The lowest BCUT2D eigenvalue weighted by Crippen LogP contribution is -2.20. The lowest BCUT2D eigenvalue weighted by atomic mass is 10.1. The van der Waals surface area contributed by atoms with Crippen molar-refractivity contribution in [3.63, 3.8) is 0 Å². The van der Waals surface area contributed by atoms with Gasteiger partial charge in [-0.3, -0.25) is 14.9 Å². The fourth-order valence-electron chi connectivity index (χ4n) is 2.52. The van der Waals surface area contributed by atoms with Gasteiger partial charge in [0.05, 0.1) is 17.6 Å². The number of hydrazone groups is 1. The maximum Gasteiger partial charge on any atom is 0.273 e. The van der Waals surface area contributed by atoms with E-state index in [4.69, 9.17) is 0 Å². The highest BCUT2D eigenvalue weighted by Gasteiger charge is 2.15. The Bertz CT molecular complexity index is 1010. The first kappa shape index (κ1) is 19.3. The summed E-state index contributed by atoms with van der Waals surface area (Å²) in [6, 6.07) is 23.8. The molecule has 0 heterocycles. The second-order valence-corrected chi connectivity index (χ2v) is 6.92. The molecule has 0 unspecified atom stereocenters. The van der Waals surface area contributed by atoms with E-state index in [2.05, 4.69) is 10.5 Å². The molecule has 3 rings (SSSR count). The molecule has 0 saturated heterocycles. The third-order valence-electron chi connectivity index (χ3n) is 3.82. The molecule has 7 heteroatoms. The average molecular weight is 391 g/mol. The third-order valence-corrected chi connectivity index (χ3v) is 4.92. The Morgan fingerprint density at radius 2 is 1.68 bits per heavy atom. The van der Waals surface area contributed by atoms with Crippen LogP contribution in [-0.2, 0) is 11.2 Å². The zero-order chi connectivity index (χ0) is 19.8. The number of carbonyl (C=O) groups excluding carboxylic acids is 1. The lowest BCUT2D eigenvalue weighted by Gasteiger charge is -2.05. The summed E-state index contributed by atoms with van der Waals surface area (Å²) in [5, 5.41) is 15.0. The zero-order valence-electron chi connectivity index (χ0n) is 14.8. The quantitative estimate of drug-likeness (QED) is 0.367. The minimum atomic E-state index is -0.497. The molecule has 0 fully saturated rings. The van der Waals surface area contributed by atoms with E-state index in [9.17, 15) is 14.9 Å². The Morgan fingerprint density at radius 3 is 2.46 bits per heavy atom. The normalized spacial score (nSPS) is 10.7. The van der Waals surface area contributed by atoms with E-state index >= 15 is 0 Å². The first-order chi connectivity index (χ1) is 13.6. The minimum absolute atomic E-state index is 0.0776. The SMILES string of the molecule is O=C(Cc1ccccc1[N+](=O)[O-])NN=Cc1ccccc1Sc1ccccc1. The number of para-hydroxylation sites is 1. The monoisotopic (exact) mass is 391 g/mol. The number of amides is 1. The average Bonchev–Trinajstić information content (AvgIpc) is 2.70. The molecule has 1 amide bonds. The number of hydrogen-bond donors (Lipinski definition) is 1. The topological polar surface area (TPSA) is 84.6 Å². The van der Waals surface area contributed by atoms with Gasteiger partial charge in [-0.2, -0.15) is 5.10 Å². The molecule has 28 heavy (non-hydrogen) atoms. The summed E-state index contributed by atoms with van der Waals surface area (Å²) in [5.74, 6) is -0.418. The number of carbonyl (C=O) groups is 1. The Balaban J connectivity index is 1.65. The summed E-state index contributed by atoms with van der Waals surface area (Å²) in [6.45, 7) is 0. The summed E-state index contributed by atoms with van der Waals surface area (Å²) >= 11 is 1.60. The predicted molar refractivity (Wildman–Crippen MR) is 110 cm³/mol. The first-order valence-corrected chi connectivity index (χ1v) is 9.31. The van der Waals surface area contributed by atoms with E-state index in [1.54, 1.807) is 36.2 Å². The summed E-state index contributed by atoms with van der Waals surface area (Å²) in [5.41, 5.74) is 3.57. The number of hydrogen-bond acceptors (Lipinski definition) is 5. The van der Waals surface area contributed by atoms with Crippen LogP contribution in [0.4, 0.5) is 5.69 Å². The van der Waals surface area contributed by atoms with Gasteiger partial charge in [-0.05, 0) is 18.2 Å². The summed E-state index contributed by atoms with van der Waals surface area (Å²) < 4.78 is 0. The van der Waals surface area contributed by atoms with Crippen LogP contribution in [0.2, 0.25) is 0 Å². The van der Waals surface area contributed by atoms with Crippen LogP contribution in [0.5, 0.6) is 0 Å². The van der Waals surface area contributed by atoms with Crippen LogP contribution in [0.15, 0.2) is 93.8 Å². The predicted octanol–water partition coefficient (Wildman–Crippen LogP) is 4.44. The van der Waals surface area contributed by atoms with Gasteiger partial charge in [0.1, 0.15) is 0 Å². The fourth-order valence-corrected chi connectivity index (χ4v) is 3.45. The maximum atomic E-state index is 12.1. The Morgan fingerprint density at radius 1 is 1.00 bits per heavy atom. The van der Waals surface area contributed by atoms with Crippen molar-refractivity contribution in [1.82, 2.24) is 5.43 Å². The standard InChI is InChI=1S/C21H17N3O3S/c25-21(14-16-8-4-6-12-19(16)24(26)27)23-22-15-17-9-5-7-13-20(17)28-18-10-2-1-3-11-18/h1-13,15H,14H2,(H,23,25). The van der Waals surface area contributed by atoms with Gasteiger partial charge in [-0.15, -0.1) is 0 Å². The second kappa shape index (κ2) is 9.48. The van der Waals surface area contributed by atoms with E-state index in [1.165, 1.54) is 6.07 Å². The highest BCUT2D eigenvalue weighted by molar-refractivity contribution is 7.99. The van der Waals surface area contributed by atoms with Gasteiger partial charge in [0.2, 0.25) is 5.91 Å². The van der Waals surface area contributed by atoms with Crippen LogP contribution < -0.4 is 5.43 Å². The molecule has 140 valence electrons. The number of benzene rings is 3. The van der Waals surface area contributed by atoms with Crippen LogP contribution in [-0.4, -0.2) is 17.0 Å². The molecule has 0 atom stereocenters. The molecule has 0 aliphatic rings. The molecule has 0 aliphatic carbocycles. The van der Waals surface area contributed by atoms with Gasteiger partial charge in [0.25, 0.3) is 5.69 Å². The van der Waals surface area contributed by atoms with E-state index < -0.39 is 10.8 Å². The molecule has 1 N–H and O–H groups in total. The molecular weight excluding hydrogens is 374 g/mol. The van der Waals surface area contributed by atoms with Crippen LogP contribution in [0, 0.1) is 10.1 Å². The molecule has 0 spiro atoms. The molecule has 0 saturated carbocycles. The Labute approximate surface area is 166 Å². The minimum Gasteiger partial charge on any atom is -0.273 e. The number of nitro benzene ring substituents is 1. The highest BCUT2D eigenvalue weighted by atomic mass is 32.2. The summed E-state index contributed by atoms with van der Waals surface area (Å²) in [7, 11) is 0. The second-order valence-electron chi connectivity index (χ2n) is 5.81. The summed E-state index contributed by atoms with van der Waals surface area (Å²) in [6.07, 6.45) is 1.46. The molecule has 0 aromatic heterocycles. The lowest BCUT2D eigenvalue weighted by molar-refractivity contribution is -0.385. The van der Waals surface area contributed by atoms with E-state index in [1.807, 2.05) is 54.6 Å². The molecule has 3 aromatic rings. The number of nitrogens with zero attached hydrogens (tertiary/aromatic N) is 2. The molecule has 0 radical (unpaired) electrons. The molecule has 6 nitrogen and oxygen atoms in total. The number of nitrogens with one attached hydrogen (secondary N) is 1. The Kier molecular flexibility index (Phi) is 6.54. The fraction of sp³-hybridized carbons (Fsp3) is 0.0476. The van der Waals surface area contributed by atoms with Crippen molar-refractivity contribution in [3.05, 3.63) is 100 Å². The third kappa shape index (κ3) is 5.28. The maximum absolute atomic E-state index is 12.1. The van der Waals surface area contributed by atoms with Crippen molar-refractivity contribution in [3.8, 4) is 0 Å². The van der Waals surface area contributed by atoms with Gasteiger partial charge in [0, 0.05) is 27.0 Å². The van der Waals surface area contributed by atoms with Crippen molar-refractivity contribution in [2.24, 2.45) is 5.10 Å². The van der Waals surface area contributed by atoms with Crippen LogP contribution in [0.3, 0.4) is 0 Å². The smallest absolute Gasteiger partial charge is 0.273 e. The first-order valence-electron chi connectivity index (χ1n) is 8.49. The number of rotatable bonds is 7. The largest absolute Gasteiger partial charge is 0.273 e. The van der Waals surface area contributed by atoms with Crippen LogP contribution >= 0.6 is 11.8 Å². The van der Waals surface area contributed by atoms with E-state index in [0.717, 1.165) is 15.4 Å². The zero-order valence-corrected chi connectivity index (χ0v) is 15.6. The van der Waals surface area contributed by atoms with Gasteiger partial charge in [-0.1, -0.05) is 66.4 Å². The van der Waals surface area contributed by atoms with Gasteiger partial charge in [-0.25, -0.2) is 5.43 Å². The van der Waals surface area contributed by atoms with Gasteiger partial charge >= 0.3 is 0 Å². The molecule has 0 bridgehead atoms.